The molecule has 0 unspecified atom stereocenters. The van der Waals surface area contributed by atoms with Crippen molar-refractivity contribution in [2.24, 2.45) is 0 Å². The summed E-state index contributed by atoms with van der Waals surface area (Å²) in [5.41, 5.74) is 0.328. The molecule has 4 rings (SSSR count). The zero-order valence-electron chi connectivity index (χ0n) is 18.2. The van der Waals surface area contributed by atoms with Gasteiger partial charge in [0, 0.05) is 17.8 Å². The van der Waals surface area contributed by atoms with Gasteiger partial charge in [-0.05, 0) is 30.2 Å². The summed E-state index contributed by atoms with van der Waals surface area (Å²) in [6.45, 7) is 2.37. The minimum Gasteiger partial charge on any atom is -0.336 e. The Balaban J connectivity index is 1.59. The second-order valence-corrected chi connectivity index (χ2v) is 9.67. The van der Waals surface area contributed by atoms with E-state index in [1.54, 1.807) is 11.0 Å². The standard InChI is InChI=1S/C25H24ClN3O3S/c1-2-28(16-20-13-14-21(26)33-20)22(30)17-29-23(31)25(27-24(29)32,19-11-7-4-8-12-19)15-18-9-5-3-6-10-18/h3-14H,2,15-17H2,1H3,(H,27,32)/t25-/m0/s1. The van der Waals surface area contributed by atoms with E-state index in [9.17, 15) is 14.4 Å². The maximum atomic E-state index is 13.7. The Labute approximate surface area is 201 Å². The van der Waals surface area contributed by atoms with Crippen LogP contribution in [0.1, 0.15) is 22.9 Å². The van der Waals surface area contributed by atoms with E-state index >= 15 is 0 Å². The first-order chi connectivity index (χ1) is 15.9. The fraction of sp³-hybridized carbons (Fsp3) is 0.240. The third kappa shape index (κ3) is 4.79. The van der Waals surface area contributed by atoms with Crippen LogP contribution in [-0.2, 0) is 28.1 Å². The number of carbonyl (C=O) groups is 3. The molecule has 33 heavy (non-hydrogen) atoms. The SMILES string of the molecule is CCN(Cc1ccc(Cl)s1)C(=O)CN1C(=O)N[C@@](Cc2ccccc2)(c2ccccc2)C1=O. The lowest BCUT2D eigenvalue weighted by Gasteiger charge is -2.28. The van der Waals surface area contributed by atoms with E-state index in [1.165, 1.54) is 11.3 Å². The number of nitrogens with one attached hydrogen (secondary N) is 1. The van der Waals surface area contributed by atoms with E-state index in [0.717, 1.165) is 15.3 Å². The van der Waals surface area contributed by atoms with Crippen molar-refractivity contribution in [1.29, 1.82) is 0 Å². The number of thiophene rings is 1. The Morgan fingerprint density at radius 3 is 2.30 bits per heavy atom. The first-order valence-corrected chi connectivity index (χ1v) is 11.9. The highest BCUT2D eigenvalue weighted by Crippen LogP contribution is 2.33. The van der Waals surface area contributed by atoms with Gasteiger partial charge in [0.25, 0.3) is 5.91 Å². The topological polar surface area (TPSA) is 69.7 Å². The number of benzene rings is 2. The number of rotatable bonds is 8. The Kier molecular flexibility index (Phi) is 6.81. The van der Waals surface area contributed by atoms with Crippen molar-refractivity contribution in [2.75, 3.05) is 13.1 Å². The van der Waals surface area contributed by atoms with Gasteiger partial charge in [-0.3, -0.25) is 14.5 Å². The van der Waals surface area contributed by atoms with Crippen LogP contribution < -0.4 is 5.32 Å². The Bertz CT molecular complexity index is 1150. The van der Waals surface area contributed by atoms with Gasteiger partial charge in [0.05, 0.1) is 10.9 Å². The summed E-state index contributed by atoms with van der Waals surface area (Å²) in [6, 6.07) is 21.8. The van der Waals surface area contributed by atoms with Gasteiger partial charge >= 0.3 is 6.03 Å². The summed E-state index contributed by atoms with van der Waals surface area (Å²) in [7, 11) is 0. The van der Waals surface area contributed by atoms with Crippen molar-refractivity contribution in [2.45, 2.75) is 25.4 Å². The van der Waals surface area contributed by atoms with Crippen LogP contribution in [0.4, 0.5) is 4.79 Å². The summed E-state index contributed by atoms with van der Waals surface area (Å²) in [5, 5.41) is 2.90. The maximum absolute atomic E-state index is 13.7. The minimum atomic E-state index is -1.27. The first-order valence-electron chi connectivity index (χ1n) is 10.7. The summed E-state index contributed by atoms with van der Waals surface area (Å²) < 4.78 is 0.649. The lowest BCUT2D eigenvalue weighted by atomic mass is 9.83. The van der Waals surface area contributed by atoms with Gasteiger partial charge in [-0.25, -0.2) is 4.79 Å². The van der Waals surface area contributed by atoms with Crippen LogP contribution in [0, 0.1) is 0 Å². The molecule has 4 amide bonds. The second kappa shape index (κ2) is 9.77. The predicted molar refractivity (Wildman–Crippen MR) is 129 cm³/mol. The molecule has 3 aromatic rings. The van der Waals surface area contributed by atoms with Gasteiger partial charge in [-0.1, -0.05) is 72.3 Å². The molecule has 0 aliphatic carbocycles. The molecule has 1 fully saturated rings. The van der Waals surface area contributed by atoms with E-state index in [0.29, 0.717) is 23.0 Å². The summed E-state index contributed by atoms with van der Waals surface area (Å²) >= 11 is 7.41. The van der Waals surface area contributed by atoms with Crippen LogP contribution >= 0.6 is 22.9 Å². The average Bonchev–Trinajstić information content (AvgIpc) is 3.34. The smallest absolute Gasteiger partial charge is 0.325 e. The Hall–Kier alpha value is -3.16. The molecule has 1 aliphatic rings. The molecule has 0 saturated carbocycles. The molecule has 1 aromatic heterocycles. The van der Waals surface area contributed by atoms with Gasteiger partial charge in [-0.15, -0.1) is 11.3 Å². The van der Waals surface area contributed by atoms with E-state index < -0.39 is 17.5 Å². The van der Waals surface area contributed by atoms with E-state index in [-0.39, 0.29) is 18.9 Å². The number of nitrogens with zero attached hydrogens (tertiary/aromatic N) is 2. The summed E-state index contributed by atoms with van der Waals surface area (Å²) in [4.78, 5) is 43.3. The van der Waals surface area contributed by atoms with E-state index in [1.807, 2.05) is 73.7 Å². The van der Waals surface area contributed by atoms with Gasteiger partial charge in [-0.2, -0.15) is 0 Å². The monoisotopic (exact) mass is 481 g/mol. The number of likely N-dealkylation sites (N-methyl/N-ethyl adjacent to an activating group) is 1. The van der Waals surface area contributed by atoms with Crippen molar-refractivity contribution in [3.8, 4) is 0 Å². The second-order valence-electron chi connectivity index (χ2n) is 7.87. The van der Waals surface area contributed by atoms with Crippen molar-refractivity contribution in [3.05, 3.63) is 93.1 Å². The molecule has 2 aromatic carbocycles. The van der Waals surface area contributed by atoms with Gasteiger partial charge in [0.15, 0.2) is 5.54 Å². The highest BCUT2D eigenvalue weighted by molar-refractivity contribution is 7.16. The molecule has 8 heteroatoms. The molecule has 1 N–H and O–H groups in total. The fourth-order valence-corrected chi connectivity index (χ4v) is 5.15. The Morgan fingerprint density at radius 2 is 1.70 bits per heavy atom. The molecular weight excluding hydrogens is 458 g/mol. The van der Waals surface area contributed by atoms with Crippen LogP contribution in [0.2, 0.25) is 4.34 Å². The largest absolute Gasteiger partial charge is 0.336 e. The Morgan fingerprint density at radius 1 is 1.03 bits per heavy atom. The highest BCUT2D eigenvalue weighted by Gasteiger charge is 2.52. The van der Waals surface area contributed by atoms with Crippen LogP contribution in [0.15, 0.2) is 72.8 Å². The van der Waals surface area contributed by atoms with E-state index in [4.69, 9.17) is 11.6 Å². The number of carbonyl (C=O) groups excluding carboxylic acids is 3. The molecule has 1 aliphatic heterocycles. The molecule has 170 valence electrons. The average molecular weight is 482 g/mol. The van der Waals surface area contributed by atoms with Crippen LogP contribution in [0.3, 0.4) is 0 Å². The number of hydrogen-bond donors (Lipinski definition) is 1. The predicted octanol–water partition coefficient (Wildman–Crippen LogP) is 4.44. The molecule has 0 bridgehead atoms. The molecule has 1 saturated heterocycles. The number of imide groups is 1. The van der Waals surface area contributed by atoms with Gasteiger partial charge < -0.3 is 10.2 Å². The molecule has 6 nitrogen and oxygen atoms in total. The molecule has 0 spiro atoms. The molecule has 0 radical (unpaired) electrons. The number of amides is 4. The van der Waals surface area contributed by atoms with Gasteiger partial charge in [0.1, 0.15) is 6.54 Å². The van der Waals surface area contributed by atoms with E-state index in [2.05, 4.69) is 5.32 Å². The highest BCUT2D eigenvalue weighted by atomic mass is 35.5. The van der Waals surface area contributed by atoms with Crippen LogP contribution in [0.5, 0.6) is 0 Å². The molecular formula is C25H24ClN3O3S. The third-order valence-electron chi connectivity index (χ3n) is 5.76. The molecule has 2 heterocycles. The van der Waals surface area contributed by atoms with Crippen LogP contribution in [0.25, 0.3) is 0 Å². The third-order valence-corrected chi connectivity index (χ3v) is 6.97. The van der Waals surface area contributed by atoms with Gasteiger partial charge in [0.2, 0.25) is 5.91 Å². The zero-order chi connectivity index (χ0) is 23.4. The minimum absolute atomic E-state index is 0.290. The first kappa shape index (κ1) is 23.0. The lowest BCUT2D eigenvalue weighted by molar-refractivity contribution is -0.139. The summed E-state index contributed by atoms with van der Waals surface area (Å²) in [6.07, 6.45) is 0.290. The summed E-state index contributed by atoms with van der Waals surface area (Å²) in [5.74, 6) is -0.722. The number of halogens is 1. The number of urea groups is 1. The zero-order valence-corrected chi connectivity index (χ0v) is 19.7. The van der Waals surface area contributed by atoms with Crippen molar-refractivity contribution >= 4 is 40.8 Å². The molecule has 1 atom stereocenters. The number of hydrogen-bond acceptors (Lipinski definition) is 4. The normalized spacial score (nSPS) is 17.8. The fourth-order valence-electron chi connectivity index (χ4n) is 4.05. The van der Waals surface area contributed by atoms with Crippen molar-refractivity contribution in [1.82, 2.24) is 15.1 Å². The van der Waals surface area contributed by atoms with Crippen molar-refractivity contribution in [3.63, 3.8) is 0 Å². The maximum Gasteiger partial charge on any atom is 0.325 e. The van der Waals surface area contributed by atoms with Crippen LogP contribution in [-0.4, -0.2) is 40.7 Å². The quantitative estimate of drug-likeness (QED) is 0.483. The lowest BCUT2D eigenvalue weighted by Crippen LogP contribution is -2.47. The van der Waals surface area contributed by atoms with Crippen molar-refractivity contribution < 1.29 is 14.4 Å².